The minimum Gasteiger partial charge on any atom is -0.374 e. The molecule has 2 aliphatic rings. The summed E-state index contributed by atoms with van der Waals surface area (Å²) in [5.74, 6) is 1.72. The van der Waals surface area contributed by atoms with Crippen LogP contribution < -0.4 is 10.6 Å². The number of pyridine rings is 1. The molecule has 1 aliphatic heterocycles. The van der Waals surface area contributed by atoms with Gasteiger partial charge in [-0.05, 0) is 49.8 Å². The van der Waals surface area contributed by atoms with Gasteiger partial charge in [0.1, 0.15) is 5.82 Å². The van der Waals surface area contributed by atoms with Gasteiger partial charge in [0.05, 0.1) is 18.2 Å². The Labute approximate surface area is 137 Å². The van der Waals surface area contributed by atoms with Crippen molar-refractivity contribution in [3.8, 4) is 0 Å². The minimum absolute atomic E-state index is 0.324. The third-order valence-electron chi connectivity index (χ3n) is 5.34. The minimum atomic E-state index is 0.324. The molecule has 1 saturated carbocycles. The van der Waals surface area contributed by atoms with Crippen molar-refractivity contribution in [3.63, 3.8) is 0 Å². The van der Waals surface area contributed by atoms with Crippen LogP contribution in [0.1, 0.15) is 25.7 Å². The number of anilines is 1. The lowest BCUT2D eigenvalue weighted by Crippen LogP contribution is -2.47. The van der Waals surface area contributed by atoms with Crippen molar-refractivity contribution in [1.82, 2.24) is 4.98 Å². The van der Waals surface area contributed by atoms with Crippen LogP contribution in [0.3, 0.4) is 0 Å². The van der Waals surface area contributed by atoms with Crippen molar-refractivity contribution in [3.05, 3.63) is 36.4 Å². The van der Waals surface area contributed by atoms with Gasteiger partial charge >= 0.3 is 0 Å². The maximum atomic E-state index is 6.08. The average molecular weight is 311 g/mol. The van der Waals surface area contributed by atoms with Gasteiger partial charge in [0.15, 0.2) is 0 Å². The SMILES string of the molecule is NC1CCC([C@H]2CN(c3ccc4ccccc4n3)CCO2)CC1. The Morgan fingerprint density at radius 3 is 2.74 bits per heavy atom. The van der Waals surface area contributed by atoms with Crippen molar-refractivity contribution in [1.29, 1.82) is 0 Å². The van der Waals surface area contributed by atoms with Crippen LogP contribution in [0.25, 0.3) is 10.9 Å². The maximum Gasteiger partial charge on any atom is 0.129 e. The van der Waals surface area contributed by atoms with Crippen molar-refractivity contribution in [2.75, 3.05) is 24.6 Å². The summed E-state index contributed by atoms with van der Waals surface area (Å²) in [7, 11) is 0. The van der Waals surface area contributed by atoms with Gasteiger partial charge in [0.25, 0.3) is 0 Å². The molecule has 0 bridgehead atoms. The van der Waals surface area contributed by atoms with E-state index in [9.17, 15) is 0 Å². The number of hydrogen-bond acceptors (Lipinski definition) is 4. The van der Waals surface area contributed by atoms with Crippen LogP contribution in [-0.2, 0) is 4.74 Å². The van der Waals surface area contributed by atoms with E-state index in [2.05, 4.69) is 35.2 Å². The highest BCUT2D eigenvalue weighted by Crippen LogP contribution is 2.30. The Kier molecular flexibility index (Phi) is 4.19. The molecular formula is C19H25N3O. The van der Waals surface area contributed by atoms with E-state index in [1.54, 1.807) is 0 Å². The van der Waals surface area contributed by atoms with Crippen LogP contribution in [0, 0.1) is 5.92 Å². The number of morpholine rings is 1. The number of rotatable bonds is 2. The van der Waals surface area contributed by atoms with Crippen LogP contribution >= 0.6 is 0 Å². The zero-order valence-corrected chi connectivity index (χ0v) is 13.5. The first-order chi connectivity index (χ1) is 11.3. The van der Waals surface area contributed by atoms with E-state index in [1.165, 1.54) is 18.2 Å². The molecule has 1 saturated heterocycles. The quantitative estimate of drug-likeness (QED) is 0.926. The Morgan fingerprint density at radius 2 is 1.87 bits per heavy atom. The van der Waals surface area contributed by atoms with Gasteiger partial charge in [-0.25, -0.2) is 4.98 Å². The summed E-state index contributed by atoms with van der Waals surface area (Å²) in [6.45, 7) is 2.67. The molecule has 1 aliphatic carbocycles. The van der Waals surface area contributed by atoms with E-state index in [0.29, 0.717) is 18.1 Å². The van der Waals surface area contributed by atoms with Crippen LogP contribution in [-0.4, -0.2) is 36.8 Å². The molecule has 4 heteroatoms. The fraction of sp³-hybridized carbons (Fsp3) is 0.526. The number of hydrogen-bond donors (Lipinski definition) is 1. The van der Waals surface area contributed by atoms with Gasteiger partial charge in [0.2, 0.25) is 0 Å². The highest BCUT2D eigenvalue weighted by Gasteiger charge is 2.31. The number of benzene rings is 1. The molecule has 1 aromatic carbocycles. The monoisotopic (exact) mass is 311 g/mol. The lowest BCUT2D eigenvalue weighted by Gasteiger charge is -2.39. The molecule has 4 rings (SSSR count). The molecule has 23 heavy (non-hydrogen) atoms. The van der Waals surface area contributed by atoms with Crippen LogP contribution in [0.2, 0.25) is 0 Å². The first-order valence-corrected chi connectivity index (χ1v) is 8.77. The van der Waals surface area contributed by atoms with Gasteiger partial charge < -0.3 is 15.4 Å². The van der Waals surface area contributed by atoms with E-state index in [-0.39, 0.29) is 0 Å². The molecule has 4 nitrogen and oxygen atoms in total. The molecule has 0 spiro atoms. The standard InChI is InChI=1S/C19H25N3O/c20-16-8-5-15(6-9-16)18-13-22(11-12-23-18)19-10-7-14-3-1-2-4-17(14)21-19/h1-4,7,10,15-16,18H,5-6,8-9,11-13,20H2/t15?,16?,18-/m1/s1. The largest absolute Gasteiger partial charge is 0.374 e. The average Bonchev–Trinajstić information content (AvgIpc) is 2.62. The normalized spacial score (nSPS) is 28.9. The van der Waals surface area contributed by atoms with Crippen LogP contribution in [0.5, 0.6) is 0 Å². The molecule has 2 heterocycles. The van der Waals surface area contributed by atoms with Crippen LogP contribution in [0.15, 0.2) is 36.4 Å². The molecule has 2 aromatic rings. The number of nitrogens with zero attached hydrogens (tertiary/aromatic N) is 2. The molecule has 0 radical (unpaired) electrons. The fourth-order valence-electron chi connectivity index (χ4n) is 3.92. The summed E-state index contributed by atoms with van der Waals surface area (Å²) in [5, 5.41) is 1.20. The number of ether oxygens (including phenoxy) is 1. The first kappa shape index (κ1) is 14.9. The summed E-state index contributed by atoms with van der Waals surface area (Å²) in [5.41, 5.74) is 7.10. The van der Waals surface area contributed by atoms with E-state index >= 15 is 0 Å². The molecule has 122 valence electrons. The lowest BCUT2D eigenvalue weighted by molar-refractivity contribution is -0.0107. The van der Waals surface area contributed by atoms with Crippen molar-refractivity contribution < 1.29 is 4.74 Å². The van der Waals surface area contributed by atoms with Crippen molar-refractivity contribution >= 4 is 16.7 Å². The molecule has 1 atom stereocenters. The summed E-state index contributed by atoms with van der Waals surface area (Å²) in [6.07, 6.45) is 5.00. The molecular weight excluding hydrogens is 286 g/mol. The summed E-state index contributed by atoms with van der Waals surface area (Å²) >= 11 is 0. The van der Waals surface area contributed by atoms with Crippen molar-refractivity contribution in [2.45, 2.75) is 37.8 Å². The third kappa shape index (κ3) is 3.19. The Bertz CT molecular complexity index is 666. The summed E-state index contributed by atoms with van der Waals surface area (Å²) in [4.78, 5) is 7.22. The van der Waals surface area contributed by atoms with Crippen molar-refractivity contribution in [2.24, 2.45) is 11.7 Å². The summed E-state index contributed by atoms with van der Waals surface area (Å²) in [6, 6.07) is 13.0. The molecule has 0 unspecified atom stereocenters. The Hall–Kier alpha value is -1.65. The van der Waals surface area contributed by atoms with Gasteiger partial charge in [-0.15, -0.1) is 0 Å². The van der Waals surface area contributed by atoms with Gasteiger partial charge in [-0.3, -0.25) is 0 Å². The predicted molar refractivity (Wildman–Crippen MR) is 93.6 cm³/mol. The smallest absolute Gasteiger partial charge is 0.129 e. The second kappa shape index (κ2) is 6.46. The zero-order chi connectivity index (χ0) is 15.6. The van der Waals surface area contributed by atoms with Crippen LogP contribution in [0.4, 0.5) is 5.82 Å². The first-order valence-electron chi connectivity index (χ1n) is 8.77. The van der Waals surface area contributed by atoms with E-state index < -0.39 is 0 Å². The highest BCUT2D eigenvalue weighted by atomic mass is 16.5. The number of aromatic nitrogens is 1. The van der Waals surface area contributed by atoms with E-state index in [1.807, 2.05) is 6.07 Å². The fourth-order valence-corrected chi connectivity index (χ4v) is 3.92. The topological polar surface area (TPSA) is 51.4 Å². The second-order valence-electron chi connectivity index (χ2n) is 6.89. The molecule has 2 fully saturated rings. The lowest BCUT2D eigenvalue weighted by atomic mass is 9.82. The van der Waals surface area contributed by atoms with E-state index in [4.69, 9.17) is 15.5 Å². The number of para-hydroxylation sites is 1. The zero-order valence-electron chi connectivity index (χ0n) is 13.5. The van der Waals surface area contributed by atoms with E-state index in [0.717, 1.165) is 43.9 Å². The second-order valence-corrected chi connectivity index (χ2v) is 6.89. The maximum absolute atomic E-state index is 6.08. The van der Waals surface area contributed by atoms with Gasteiger partial charge in [-0.1, -0.05) is 18.2 Å². The summed E-state index contributed by atoms with van der Waals surface area (Å²) < 4.78 is 6.08. The molecule has 1 aromatic heterocycles. The molecule has 2 N–H and O–H groups in total. The Balaban J connectivity index is 1.49. The number of fused-ring (bicyclic) bond motifs is 1. The third-order valence-corrected chi connectivity index (χ3v) is 5.34. The number of nitrogens with two attached hydrogens (primary N) is 1. The van der Waals surface area contributed by atoms with Gasteiger partial charge in [0, 0.05) is 24.5 Å². The molecule has 0 amide bonds. The van der Waals surface area contributed by atoms with Gasteiger partial charge in [-0.2, -0.15) is 0 Å². The Morgan fingerprint density at radius 1 is 1.04 bits per heavy atom. The predicted octanol–water partition coefficient (Wildman–Crippen LogP) is 2.96. The highest BCUT2D eigenvalue weighted by molar-refractivity contribution is 5.80.